The summed E-state index contributed by atoms with van der Waals surface area (Å²) in [4.78, 5) is 12.0. The number of rotatable bonds is 5. The topological polar surface area (TPSA) is 97.4 Å². The van der Waals surface area contributed by atoms with Gasteiger partial charge in [0.2, 0.25) is 5.88 Å². The molecule has 0 unspecified atom stereocenters. The van der Waals surface area contributed by atoms with Crippen LogP contribution in [-0.4, -0.2) is 24.8 Å². The SMILES string of the molecule is COc1cc(C#N)ccc1OCC(=O)Nc1cc(C(C)(C)C)no1. The van der Waals surface area contributed by atoms with Gasteiger partial charge >= 0.3 is 0 Å². The summed E-state index contributed by atoms with van der Waals surface area (Å²) >= 11 is 0. The van der Waals surface area contributed by atoms with Crippen LogP contribution in [0.4, 0.5) is 5.88 Å². The number of methoxy groups -OCH3 is 1. The lowest BCUT2D eigenvalue weighted by atomic mass is 9.92. The number of hydrogen-bond acceptors (Lipinski definition) is 6. The number of nitrogens with one attached hydrogen (secondary N) is 1. The maximum atomic E-state index is 12.0. The number of nitriles is 1. The van der Waals surface area contributed by atoms with E-state index in [1.807, 2.05) is 26.8 Å². The number of ether oxygens (including phenoxy) is 2. The van der Waals surface area contributed by atoms with Gasteiger partial charge in [0.1, 0.15) is 0 Å². The lowest BCUT2D eigenvalue weighted by Gasteiger charge is -2.12. The summed E-state index contributed by atoms with van der Waals surface area (Å²) in [6.45, 7) is 5.76. The fourth-order valence-corrected chi connectivity index (χ4v) is 1.86. The molecule has 1 N–H and O–H groups in total. The lowest BCUT2D eigenvalue weighted by molar-refractivity contribution is -0.118. The molecule has 126 valence electrons. The number of nitrogens with zero attached hydrogens (tertiary/aromatic N) is 2. The molecule has 0 saturated carbocycles. The molecule has 1 heterocycles. The smallest absolute Gasteiger partial charge is 0.264 e. The van der Waals surface area contributed by atoms with Crippen LogP contribution in [0.25, 0.3) is 0 Å². The van der Waals surface area contributed by atoms with Gasteiger partial charge in [-0.3, -0.25) is 10.1 Å². The van der Waals surface area contributed by atoms with Crippen LogP contribution in [0.1, 0.15) is 32.0 Å². The fraction of sp³-hybridized carbons (Fsp3) is 0.353. The Morgan fingerprint density at radius 1 is 1.33 bits per heavy atom. The van der Waals surface area contributed by atoms with Crippen molar-refractivity contribution in [3.05, 3.63) is 35.5 Å². The van der Waals surface area contributed by atoms with Gasteiger partial charge in [-0.15, -0.1) is 0 Å². The van der Waals surface area contributed by atoms with Crippen LogP contribution in [0.2, 0.25) is 0 Å². The molecule has 0 bridgehead atoms. The number of anilines is 1. The van der Waals surface area contributed by atoms with Crippen molar-refractivity contribution in [2.24, 2.45) is 0 Å². The molecular formula is C17H19N3O4. The summed E-state index contributed by atoms with van der Waals surface area (Å²) in [6, 6.07) is 8.39. The molecule has 0 atom stereocenters. The van der Waals surface area contributed by atoms with E-state index in [4.69, 9.17) is 19.3 Å². The number of amides is 1. The summed E-state index contributed by atoms with van der Waals surface area (Å²) in [5, 5.41) is 15.4. The second-order valence-corrected chi connectivity index (χ2v) is 6.14. The van der Waals surface area contributed by atoms with E-state index < -0.39 is 5.91 Å². The fourth-order valence-electron chi connectivity index (χ4n) is 1.86. The number of hydrogen-bond donors (Lipinski definition) is 1. The highest BCUT2D eigenvalue weighted by atomic mass is 16.5. The lowest BCUT2D eigenvalue weighted by Crippen LogP contribution is -2.20. The van der Waals surface area contributed by atoms with Gasteiger partial charge in [-0.2, -0.15) is 5.26 Å². The summed E-state index contributed by atoms with van der Waals surface area (Å²) in [5.74, 6) is 0.634. The van der Waals surface area contributed by atoms with E-state index in [1.54, 1.807) is 24.3 Å². The van der Waals surface area contributed by atoms with Crippen LogP contribution >= 0.6 is 0 Å². The van der Waals surface area contributed by atoms with E-state index in [0.29, 0.717) is 17.1 Å². The van der Waals surface area contributed by atoms with Crippen molar-refractivity contribution < 1.29 is 18.8 Å². The minimum Gasteiger partial charge on any atom is -0.493 e. The van der Waals surface area contributed by atoms with Gasteiger partial charge in [-0.25, -0.2) is 0 Å². The maximum absolute atomic E-state index is 12.0. The Bertz CT molecular complexity index is 769. The highest BCUT2D eigenvalue weighted by Gasteiger charge is 2.19. The summed E-state index contributed by atoms with van der Waals surface area (Å²) in [5.41, 5.74) is 1.02. The van der Waals surface area contributed by atoms with Gasteiger partial charge in [-0.1, -0.05) is 25.9 Å². The quantitative estimate of drug-likeness (QED) is 0.906. The van der Waals surface area contributed by atoms with Crippen LogP contribution < -0.4 is 14.8 Å². The Hall–Kier alpha value is -3.01. The third-order valence-electron chi connectivity index (χ3n) is 3.19. The van der Waals surface area contributed by atoms with Crippen molar-refractivity contribution in [1.82, 2.24) is 5.16 Å². The van der Waals surface area contributed by atoms with Crippen LogP contribution in [0, 0.1) is 11.3 Å². The third-order valence-corrected chi connectivity index (χ3v) is 3.19. The molecule has 0 radical (unpaired) electrons. The molecule has 1 amide bonds. The molecule has 7 nitrogen and oxygen atoms in total. The Labute approximate surface area is 140 Å². The third kappa shape index (κ3) is 4.26. The zero-order chi connectivity index (χ0) is 17.7. The van der Waals surface area contributed by atoms with Gasteiger partial charge in [0.15, 0.2) is 18.1 Å². The van der Waals surface area contributed by atoms with Gasteiger partial charge in [0.05, 0.1) is 24.4 Å². The molecule has 0 aliphatic rings. The minimum absolute atomic E-state index is 0.168. The predicted molar refractivity (Wildman–Crippen MR) is 87.0 cm³/mol. The molecule has 1 aromatic carbocycles. The number of aromatic nitrogens is 1. The number of benzene rings is 1. The van der Waals surface area contributed by atoms with E-state index in [2.05, 4.69) is 10.5 Å². The van der Waals surface area contributed by atoms with Gasteiger partial charge in [0, 0.05) is 17.5 Å². The van der Waals surface area contributed by atoms with E-state index in [1.165, 1.54) is 7.11 Å². The molecule has 24 heavy (non-hydrogen) atoms. The van der Waals surface area contributed by atoms with Crippen LogP contribution in [0.15, 0.2) is 28.8 Å². The Morgan fingerprint density at radius 3 is 2.67 bits per heavy atom. The zero-order valence-corrected chi connectivity index (χ0v) is 14.0. The highest BCUT2D eigenvalue weighted by molar-refractivity contribution is 5.90. The second-order valence-electron chi connectivity index (χ2n) is 6.14. The van der Waals surface area contributed by atoms with Crippen molar-refractivity contribution in [2.75, 3.05) is 19.0 Å². The largest absolute Gasteiger partial charge is 0.493 e. The Balaban J connectivity index is 1.96. The van der Waals surface area contributed by atoms with Crippen molar-refractivity contribution in [1.29, 1.82) is 5.26 Å². The molecule has 0 aliphatic carbocycles. The molecule has 0 saturated heterocycles. The van der Waals surface area contributed by atoms with Crippen molar-refractivity contribution >= 4 is 11.8 Å². The average molecular weight is 329 g/mol. The molecule has 2 rings (SSSR count). The Kier molecular flexibility index (Phi) is 5.09. The number of carbonyl (C=O) groups excluding carboxylic acids is 1. The molecule has 1 aromatic heterocycles. The first-order chi connectivity index (χ1) is 11.3. The average Bonchev–Trinajstić information content (AvgIpc) is 3.01. The Morgan fingerprint density at radius 2 is 2.08 bits per heavy atom. The minimum atomic E-state index is -0.391. The first-order valence-electron chi connectivity index (χ1n) is 7.31. The van der Waals surface area contributed by atoms with E-state index >= 15 is 0 Å². The normalized spacial score (nSPS) is 10.8. The maximum Gasteiger partial charge on any atom is 0.264 e. The summed E-state index contributed by atoms with van der Waals surface area (Å²) < 4.78 is 15.7. The molecule has 7 heteroatoms. The first kappa shape index (κ1) is 17.3. The first-order valence-corrected chi connectivity index (χ1v) is 7.31. The van der Waals surface area contributed by atoms with Crippen molar-refractivity contribution in [3.8, 4) is 17.6 Å². The molecule has 0 fully saturated rings. The van der Waals surface area contributed by atoms with Gasteiger partial charge < -0.3 is 14.0 Å². The second kappa shape index (κ2) is 7.04. The van der Waals surface area contributed by atoms with E-state index in [-0.39, 0.29) is 17.9 Å². The van der Waals surface area contributed by atoms with E-state index in [0.717, 1.165) is 5.69 Å². The molecular weight excluding hydrogens is 310 g/mol. The van der Waals surface area contributed by atoms with E-state index in [9.17, 15) is 4.79 Å². The van der Waals surface area contributed by atoms with Crippen LogP contribution in [0.3, 0.4) is 0 Å². The van der Waals surface area contributed by atoms with Crippen LogP contribution in [0.5, 0.6) is 11.5 Å². The molecule has 0 spiro atoms. The monoisotopic (exact) mass is 329 g/mol. The molecule has 0 aliphatic heterocycles. The van der Waals surface area contributed by atoms with Crippen molar-refractivity contribution in [2.45, 2.75) is 26.2 Å². The zero-order valence-electron chi connectivity index (χ0n) is 14.0. The standard InChI is InChI=1S/C17H19N3O4/c1-17(2,3)14-8-16(24-20-14)19-15(21)10-23-12-6-5-11(9-18)7-13(12)22-4/h5-8H,10H2,1-4H3,(H,19,21). The molecule has 2 aromatic rings. The van der Waals surface area contributed by atoms with Gasteiger partial charge in [0.25, 0.3) is 5.91 Å². The summed E-state index contributed by atoms with van der Waals surface area (Å²) in [7, 11) is 1.46. The van der Waals surface area contributed by atoms with Crippen LogP contribution in [-0.2, 0) is 10.2 Å². The van der Waals surface area contributed by atoms with Crippen molar-refractivity contribution in [3.63, 3.8) is 0 Å². The highest BCUT2D eigenvalue weighted by Crippen LogP contribution is 2.28. The summed E-state index contributed by atoms with van der Waals surface area (Å²) in [6.07, 6.45) is 0. The predicted octanol–water partition coefficient (Wildman–Crippen LogP) is 2.87. The van der Waals surface area contributed by atoms with Gasteiger partial charge in [-0.05, 0) is 12.1 Å². The number of carbonyl (C=O) groups is 1.